The highest BCUT2D eigenvalue weighted by Gasteiger charge is 2.52. The van der Waals surface area contributed by atoms with E-state index < -0.39 is 36.2 Å². The average Bonchev–Trinajstić information content (AvgIpc) is 3.56. The maximum absolute atomic E-state index is 13.4. The zero-order valence-corrected chi connectivity index (χ0v) is 20.3. The van der Waals surface area contributed by atoms with Gasteiger partial charge in [0.1, 0.15) is 24.6 Å². The molecule has 2 heterocycles. The van der Waals surface area contributed by atoms with E-state index in [1.807, 2.05) is 0 Å². The molecule has 5 atom stereocenters. The lowest BCUT2D eigenvalue weighted by Crippen LogP contribution is -2.58. The Balaban J connectivity index is 1.78. The Morgan fingerprint density at radius 2 is 2.11 bits per heavy atom. The lowest BCUT2D eigenvalue weighted by molar-refractivity contribution is -0.147. The van der Waals surface area contributed by atoms with Gasteiger partial charge in [-0.15, -0.1) is 0 Å². The van der Waals surface area contributed by atoms with Crippen LogP contribution in [0.1, 0.15) is 34.7 Å². The topological polar surface area (TPSA) is 144 Å². The van der Waals surface area contributed by atoms with E-state index in [-0.39, 0.29) is 37.8 Å². The number of nitrogens with one attached hydrogen (secondary N) is 1. The van der Waals surface area contributed by atoms with E-state index in [0.29, 0.717) is 41.9 Å². The number of aliphatic hydroxyl groups is 2. The van der Waals surface area contributed by atoms with Crippen LogP contribution in [-0.2, 0) is 19.1 Å². The summed E-state index contributed by atoms with van der Waals surface area (Å²) in [6.45, 7) is 0.630. The summed E-state index contributed by atoms with van der Waals surface area (Å²) in [5, 5.41) is 23.4. The zero-order chi connectivity index (χ0) is 25.8. The summed E-state index contributed by atoms with van der Waals surface area (Å²) in [5.74, 6) is -0.864. The molecule has 2 amide bonds. The van der Waals surface area contributed by atoms with Crippen LogP contribution in [0.4, 0.5) is 0 Å². The van der Waals surface area contributed by atoms with Gasteiger partial charge < -0.3 is 39.4 Å². The highest BCUT2D eigenvalue weighted by Crippen LogP contribution is 2.51. The Morgan fingerprint density at radius 3 is 2.75 bits per heavy atom. The van der Waals surface area contributed by atoms with Gasteiger partial charge in [0.25, 0.3) is 5.91 Å². The van der Waals surface area contributed by atoms with E-state index in [4.69, 9.17) is 18.9 Å². The molecular formula is C25H32N2O9. The Morgan fingerprint density at radius 1 is 1.31 bits per heavy atom. The van der Waals surface area contributed by atoms with Gasteiger partial charge in [0.2, 0.25) is 5.91 Å². The summed E-state index contributed by atoms with van der Waals surface area (Å²) in [6.07, 6.45) is 0.794. The Kier molecular flexibility index (Phi) is 8.24. The molecule has 3 aliphatic rings. The first-order chi connectivity index (χ1) is 17.4. The van der Waals surface area contributed by atoms with Gasteiger partial charge in [0, 0.05) is 43.5 Å². The number of amides is 2. The molecule has 5 unspecified atom stereocenters. The number of fused-ring (bicyclic) bond motifs is 3. The number of benzene rings is 1. The van der Waals surface area contributed by atoms with Crippen LogP contribution in [0.5, 0.6) is 11.5 Å². The molecule has 0 aromatic heterocycles. The Hall–Kier alpha value is -2.99. The molecule has 11 nitrogen and oxygen atoms in total. The van der Waals surface area contributed by atoms with Crippen LogP contribution >= 0.6 is 0 Å². The molecule has 2 aliphatic heterocycles. The number of hydrogen-bond donors (Lipinski definition) is 3. The van der Waals surface area contributed by atoms with Crippen molar-refractivity contribution in [2.75, 3.05) is 47.1 Å². The molecule has 1 saturated heterocycles. The zero-order valence-electron chi connectivity index (χ0n) is 20.3. The van der Waals surface area contributed by atoms with Crippen LogP contribution in [0.2, 0.25) is 0 Å². The van der Waals surface area contributed by atoms with Crippen molar-refractivity contribution in [2.24, 2.45) is 0 Å². The fourth-order valence-electron chi connectivity index (χ4n) is 5.11. The molecule has 1 aliphatic carbocycles. The van der Waals surface area contributed by atoms with Gasteiger partial charge >= 0.3 is 0 Å². The third kappa shape index (κ3) is 4.83. The van der Waals surface area contributed by atoms with Gasteiger partial charge in [-0.05, 0) is 31.1 Å². The first-order valence-electron chi connectivity index (χ1n) is 12.0. The van der Waals surface area contributed by atoms with Crippen molar-refractivity contribution < 1.29 is 43.5 Å². The second kappa shape index (κ2) is 11.4. The van der Waals surface area contributed by atoms with Crippen molar-refractivity contribution >= 4 is 18.1 Å². The minimum atomic E-state index is -1.21. The van der Waals surface area contributed by atoms with Gasteiger partial charge in [-0.25, -0.2) is 0 Å². The van der Waals surface area contributed by atoms with Crippen molar-refractivity contribution in [3.63, 3.8) is 0 Å². The average molecular weight is 505 g/mol. The quantitative estimate of drug-likeness (QED) is 0.369. The Bertz CT molecular complexity index is 1020. The summed E-state index contributed by atoms with van der Waals surface area (Å²) < 4.78 is 22.4. The standard InChI is InChI=1S/C25H32N2O9/c1-33-9-6-27(25(32)18-4-3-8-35-18)17-12-16(24(31)26-5-7-28)20-15-10-14(13-29)11-19(34-2)22(15)36-23(20)21(17)30/h10-13,17-18,20-21,23,28,30H,3-9H2,1-2H3,(H,26,31). The Labute approximate surface area is 208 Å². The van der Waals surface area contributed by atoms with Crippen molar-refractivity contribution in [1.29, 1.82) is 0 Å². The molecule has 196 valence electrons. The van der Waals surface area contributed by atoms with Crippen LogP contribution in [0.25, 0.3) is 0 Å². The molecular weight excluding hydrogens is 472 g/mol. The smallest absolute Gasteiger partial charge is 0.252 e. The fourth-order valence-corrected chi connectivity index (χ4v) is 5.11. The number of carbonyl (C=O) groups excluding carboxylic acids is 3. The second-order valence-corrected chi connectivity index (χ2v) is 8.93. The third-order valence-electron chi connectivity index (χ3n) is 6.80. The maximum atomic E-state index is 13.4. The fraction of sp³-hybridized carbons (Fsp3) is 0.560. The lowest BCUT2D eigenvalue weighted by atomic mass is 9.77. The van der Waals surface area contributed by atoms with Crippen LogP contribution in [-0.4, -0.2) is 105 Å². The molecule has 3 N–H and O–H groups in total. The first-order valence-corrected chi connectivity index (χ1v) is 12.0. The molecule has 1 aromatic rings. The minimum Gasteiger partial charge on any atom is -0.493 e. The van der Waals surface area contributed by atoms with Gasteiger partial charge in [0.05, 0.1) is 32.3 Å². The van der Waals surface area contributed by atoms with Crippen LogP contribution in [0.3, 0.4) is 0 Å². The number of ether oxygens (including phenoxy) is 4. The number of nitrogens with zero attached hydrogens (tertiary/aromatic N) is 1. The first kappa shape index (κ1) is 26.1. The summed E-state index contributed by atoms with van der Waals surface area (Å²) >= 11 is 0. The van der Waals surface area contributed by atoms with Crippen molar-refractivity contribution in [3.05, 3.63) is 34.9 Å². The van der Waals surface area contributed by atoms with Crippen LogP contribution in [0.15, 0.2) is 23.8 Å². The van der Waals surface area contributed by atoms with E-state index in [1.54, 1.807) is 12.1 Å². The predicted octanol–water partition coefficient (Wildman–Crippen LogP) is -0.216. The van der Waals surface area contributed by atoms with E-state index in [0.717, 1.165) is 6.42 Å². The minimum absolute atomic E-state index is 0.0222. The number of aldehydes is 1. The maximum Gasteiger partial charge on any atom is 0.252 e. The molecule has 1 fully saturated rings. The number of methoxy groups -OCH3 is 2. The number of carbonyl (C=O) groups is 3. The lowest BCUT2D eigenvalue weighted by Gasteiger charge is -2.41. The number of aliphatic hydroxyl groups excluding tert-OH is 2. The van der Waals surface area contributed by atoms with Gasteiger partial charge in [-0.1, -0.05) is 0 Å². The van der Waals surface area contributed by atoms with E-state index in [1.165, 1.54) is 25.2 Å². The largest absolute Gasteiger partial charge is 0.493 e. The van der Waals surface area contributed by atoms with Crippen LogP contribution in [0, 0.1) is 0 Å². The summed E-state index contributed by atoms with van der Waals surface area (Å²) in [6, 6.07) is 2.23. The highest BCUT2D eigenvalue weighted by molar-refractivity contribution is 5.96. The highest BCUT2D eigenvalue weighted by atomic mass is 16.5. The molecule has 4 rings (SSSR count). The van der Waals surface area contributed by atoms with E-state index in [9.17, 15) is 24.6 Å². The predicted molar refractivity (Wildman–Crippen MR) is 126 cm³/mol. The van der Waals surface area contributed by atoms with E-state index >= 15 is 0 Å². The van der Waals surface area contributed by atoms with E-state index in [2.05, 4.69) is 5.32 Å². The number of rotatable bonds is 10. The number of hydrogen-bond acceptors (Lipinski definition) is 9. The van der Waals surface area contributed by atoms with Crippen LogP contribution < -0.4 is 14.8 Å². The van der Waals surface area contributed by atoms with Gasteiger partial charge in [0.15, 0.2) is 11.5 Å². The summed E-state index contributed by atoms with van der Waals surface area (Å²) in [4.78, 5) is 39.7. The van der Waals surface area contributed by atoms with Crippen molar-refractivity contribution in [1.82, 2.24) is 10.2 Å². The summed E-state index contributed by atoms with van der Waals surface area (Å²) in [7, 11) is 2.95. The molecule has 1 aromatic carbocycles. The van der Waals surface area contributed by atoms with Crippen molar-refractivity contribution in [3.8, 4) is 11.5 Å². The summed E-state index contributed by atoms with van der Waals surface area (Å²) in [5.41, 5.74) is 1.12. The van der Waals surface area contributed by atoms with Gasteiger partial charge in [-0.2, -0.15) is 0 Å². The van der Waals surface area contributed by atoms with Gasteiger partial charge in [-0.3, -0.25) is 14.4 Å². The monoisotopic (exact) mass is 504 g/mol. The molecule has 11 heteroatoms. The molecule has 36 heavy (non-hydrogen) atoms. The second-order valence-electron chi connectivity index (χ2n) is 8.93. The molecule has 0 bridgehead atoms. The molecule has 0 saturated carbocycles. The molecule has 0 radical (unpaired) electrons. The SMILES string of the molecule is COCCN(C(=O)C1CCCO1)C1C=C(C(=O)NCCO)C2c3cc(C=O)cc(OC)c3OC2C1O. The molecule has 0 spiro atoms. The third-order valence-corrected chi connectivity index (χ3v) is 6.80. The normalized spacial score (nSPS) is 26.3. The van der Waals surface area contributed by atoms with Crippen molar-refractivity contribution in [2.45, 2.75) is 43.1 Å².